The largest absolute Gasteiger partial charge is 0.465 e. The van der Waals surface area contributed by atoms with Crippen molar-refractivity contribution in [1.82, 2.24) is 4.90 Å². The number of piperidine rings is 1. The second-order valence-electron chi connectivity index (χ2n) is 8.24. The van der Waals surface area contributed by atoms with Crippen LogP contribution in [-0.4, -0.2) is 49.8 Å². The molecule has 3 aliphatic rings. The van der Waals surface area contributed by atoms with Crippen molar-refractivity contribution in [2.24, 2.45) is 23.2 Å². The van der Waals surface area contributed by atoms with Gasteiger partial charge in [-0.25, -0.2) is 0 Å². The first-order valence-electron chi connectivity index (χ1n) is 9.59. The van der Waals surface area contributed by atoms with E-state index in [4.69, 9.17) is 9.47 Å². The van der Waals surface area contributed by atoms with Gasteiger partial charge < -0.3 is 14.4 Å². The molecule has 2 aliphatic heterocycles. The van der Waals surface area contributed by atoms with Gasteiger partial charge in [-0.2, -0.15) is 0 Å². The highest BCUT2D eigenvalue weighted by molar-refractivity contribution is 5.65. The van der Waals surface area contributed by atoms with Crippen molar-refractivity contribution in [2.45, 2.75) is 53.1 Å². The van der Waals surface area contributed by atoms with Crippen LogP contribution < -0.4 is 0 Å². The molecule has 136 valence electrons. The third kappa shape index (κ3) is 3.28. The second kappa shape index (κ2) is 7.17. The Morgan fingerprint density at radius 3 is 2.71 bits per heavy atom. The molecule has 4 unspecified atom stereocenters. The van der Waals surface area contributed by atoms with Crippen molar-refractivity contribution in [2.75, 3.05) is 32.8 Å². The highest BCUT2D eigenvalue weighted by Crippen LogP contribution is 2.52. The predicted molar refractivity (Wildman–Crippen MR) is 94.7 cm³/mol. The fourth-order valence-electron chi connectivity index (χ4n) is 5.19. The number of nitrogens with zero attached hydrogens (tertiary/aromatic N) is 1. The van der Waals surface area contributed by atoms with E-state index in [0.29, 0.717) is 31.0 Å². The molecule has 0 spiro atoms. The van der Waals surface area contributed by atoms with Gasteiger partial charge in [0.2, 0.25) is 0 Å². The molecule has 24 heavy (non-hydrogen) atoms. The zero-order valence-electron chi connectivity index (χ0n) is 15.7. The lowest BCUT2D eigenvalue weighted by Crippen LogP contribution is -2.58. The van der Waals surface area contributed by atoms with Crippen LogP contribution in [0.15, 0.2) is 11.6 Å². The molecule has 2 bridgehead atoms. The second-order valence-corrected chi connectivity index (χ2v) is 8.24. The van der Waals surface area contributed by atoms with E-state index < -0.39 is 0 Å². The Hall–Kier alpha value is -0.870. The zero-order valence-corrected chi connectivity index (χ0v) is 15.7. The van der Waals surface area contributed by atoms with E-state index in [1.807, 2.05) is 0 Å². The Balaban J connectivity index is 1.77. The van der Waals surface area contributed by atoms with Gasteiger partial charge in [0.25, 0.3) is 0 Å². The van der Waals surface area contributed by atoms with Crippen molar-refractivity contribution in [3.8, 4) is 0 Å². The molecule has 2 saturated heterocycles. The Morgan fingerprint density at radius 2 is 2.04 bits per heavy atom. The van der Waals surface area contributed by atoms with Gasteiger partial charge in [0.05, 0.1) is 19.3 Å². The number of carbonyl (C=O) groups excluding carboxylic acids is 1. The van der Waals surface area contributed by atoms with E-state index in [9.17, 15) is 4.79 Å². The van der Waals surface area contributed by atoms with Crippen LogP contribution in [-0.2, 0) is 14.3 Å². The van der Waals surface area contributed by atoms with Crippen LogP contribution in [0.4, 0.5) is 0 Å². The summed E-state index contributed by atoms with van der Waals surface area (Å²) in [5.41, 5.74) is 1.38. The first-order chi connectivity index (χ1) is 11.4. The standard InChI is InChI=1S/C20H33NO3/c1-14-10-15(2)20(12-23-17(4)22)13-24-18(19(14)16(20)3)11-21-8-6-5-7-9-21/h10,15-16,18-19H,5-9,11-13H2,1-4H3/t15?,16-,18?,19?,20?/m0/s1. The fraction of sp³-hybridized carbons (Fsp3) is 0.850. The van der Waals surface area contributed by atoms with Crippen LogP contribution in [0.2, 0.25) is 0 Å². The first-order valence-corrected chi connectivity index (χ1v) is 9.59. The Labute approximate surface area is 146 Å². The lowest BCUT2D eigenvalue weighted by molar-refractivity contribution is -0.182. The highest BCUT2D eigenvalue weighted by atomic mass is 16.5. The van der Waals surface area contributed by atoms with Gasteiger partial charge in [0.15, 0.2) is 0 Å². The normalized spacial score (nSPS) is 40.1. The van der Waals surface area contributed by atoms with Gasteiger partial charge in [-0.05, 0) is 44.7 Å². The van der Waals surface area contributed by atoms with Crippen molar-refractivity contribution < 1.29 is 14.3 Å². The smallest absolute Gasteiger partial charge is 0.302 e. The molecule has 0 radical (unpaired) electrons. The molecule has 0 amide bonds. The number of rotatable bonds is 4. The van der Waals surface area contributed by atoms with Crippen LogP contribution in [0.25, 0.3) is 0 Å². The van der Waals surface area contributed by atoms with E-state index in [0.717, 1.165) is 6.54 Å². The number of ether oxygens (including phenoxy) is 2. The highest BCUT2D eigenvalue weighted by Gasteiger charge is 2.54. The molecule has 0 N–H and O–H groups in total. The van der Waals surface area contributed by atoms with Crippen LogP contribution >= 0.6 is 0 Å². The van der Waals surface area contributed by atoms with Crippen molar-refractivity contribution in [1.29, 1.82) is 0 Å². The third-order valence-corrected chi connectivity index (χ3v) is 6.79. The van der Waals surface area contributed by atoms with Gasteiger partial charge in [0.1, 0.15) is 0 Å². The van der Waals surface area contributed by atoms with Crippen molar-refractivity contribution in [3.63, 3.8) is 0 Å². The SMILES string of the molecule is CC(=O)OCC12COC(CN3CCCCC3)C(C(C)=CC1C)[C@@H]2C. The van der Waals surface area contributed by atoms with Crippen LogP contribution in [0.3, 0.4) is 0 Å². The lowest BCUT2D eigenvalue weighted by Gasteiger charge is -2.55. The van der Waals surface area contributed by atoms with Crippen LogP contribution in [0.5, 0.6) is 0 Å². The molecule has 0 aromatic carbocycles. The Morgan fingerprint density at radius 1 is 1.33 bits per heavy atom. The molecule has 0 aromatic rings. The summed E-state index contributed by atoms with van der Waals surface area (Å²) in [7, 11) is 0. The summed E-state index contributed by atoms with van der Waals surface area (Å²) in [6.07, 6.45) is 6.67. The molecule has 2 fully saturated rings. The quantitative estimate of drug-likeness (QED) is 0.584. The van der Waals surface area contributed by atoms with Gasteiger partial charge in [-0.15, -0.1) is 0 Å². The number of esters is 1. The maximum absolute atomic E-state index is 11.4. The predicted octanol–water partition coefficient (Wildman–Crippen LogP) is 3.27. The number of likely N-dealkylation sites (tertiary alicyclic amines) is 1. The minimum Gasteiger partial charge on any atom is -0.465 e. The lowest BCUT2D eigenvalue weighted by atomic mass is 9.56. The Kier molecular flexibility index (Phi) is 5.36. The maximum atomic E-state index is 11.4. The third-order valence-electron chi connectivity index (χ3n) is 6.79. The van der Waals surface area contributed by atoms with Crippen LogP contribution in [0.1, 0.15) is 47.0 Å². The van der Waals surface area contributed by atoms with Gasteiger partial charge in [-0.1, -0.05) is 31.9 Å². The Bertz CT molecular complexity index is 497. The number of hydrogen-bond donors (Lipinski definition) is 0. The van der Waals surface area contributed by atoms with Crippen LogP contribution in [0, 0.1) is 23.2 Å². The average Bonchev–Trinajstić information content (AvgIpc) is 2.54. The average molecular weight is 335 g/mol. The molecule has 0 aromatic heterocycles. The summed E-state index contributed by atoms with van der Waals surface area (Å²) < 4.78 is 11.9. The number of carbonyl (C=O) groups is 1. The van der Waals surface area contributed by atoms with E-state index in [1.54, 1.807) is 0 Å². The van der Waals surface area contributed by atoms with Crippen molar-refractivity contribution >= 4 is 5.97 Å². The number of hydrogen-bond acceptors (Lipinski definition) is 4. The zero-order chi connectivity index (χ0) is 17.3. The summed E-state index contributed by atoms with van der Waals surface area (Å²) in [6, 6.07) is 0. The molecule has 0 saturated carbocycles. The summed E-state index contributed by atoms with van der Waals surface area (Å²) in [4.78, 5) is 13.9. The maximum Gasteiger partial charge on any atom is 0.302 e. The minimum absolute atomic E-state index is 0.0752. The molecule has 4 heteroatoms. The number of fused-ring (bicyclic) bond motifs is 2. The molecule has 3 rings (SSSR count). The molecule has 4 nitrogen and oxygen atoms in total. The minimum atomic E-state index is -0.193. The molecule has 1 aliphatic carbocycles. The molecule has 2 heterocycles. The molecule has 5 atom stereocenters. The van der Waals surface area contributed by atoms with Gasteiger partial charge >= 0.3 is 5.97 Å². The van der Waals surface area contributed by atoms with Gasteiger partial charge in [-0.3, -0.25) is 4.79 Å². The summed E-state index contributed by atoms with van der Waals surface area (Å²) in [6.45, 7) is 13.0. The summed E-state index contributed by atoms with van der Waals surface area (Å²) in [5.74, 6) is 1.09. The van der Waals surface area contributed by atoms with E-state index in [-0.39, 0.29) is 17.5 Å². The van der Waals surface area contributed by atoms with E-state index in [2.05, 4.69) is 31.7 Å². The fourth-order valence-corrected chi connectivity index (χ4v) is 5.19. The summed E-state index contributed by atoms with van der Waals surface area (Å²) >= 11 is 0. The topological polar surface area (TPSA) is 38.8 Å². The van der Waals surface area contributed by atoms with E-state index in [1.165, 1.54) is 44.8 Å². The monoisotopic (exact) mass is 335 g/mol. The summed E-state index contributed by atoms with van der Waals surface area (Å²) in [5, 5.41) is 0. The molecular weight excluding hydrogens is 302 g/mol. The number of allylic oxidation sites excluding steroid dienone is 1. The van der Waals surface area contributed by atoms with Gasteiger partial charge in [0, 0.05) is 24.8 Å². The first kappa shape index (κ1) is 17.9. The molecular formula is C20H33NO3. The van der Waals surface area contributed by atoms with E-state index >= 15 is 0 Å². The van der Waals surface area contributed by atoms with Crippen molar-refractivity contribution in [3.05, 3.63) is 11.6 Å².